The van der Waals surface area contributed by atoms with Gasteiger partial charge >= 0.3 is 5.97 Å². The van der Waals surface area contributed by atoms with Crippen molar-refractivity contribution in [2.75, 3.05) is 32.8 Å². The van der Waals surface area contributed by atoms with Crippen molar-refractivity contribution in [1.29, 1.82) is 0 Å². The molecular formula is C10H18F2N2O5S. The lowest BCUT2D eigenvalue weighted by molar-refractivity contribution is -0.142. The van der Waals surface area contributed by atoms with E-state index >= 15 is 0 Å². The molecule has 1 aliphatic heterocycles. The number of nitrogens with one attached hydrogen (secondary N) is 1. The van der Waals surface area contributed by atoms with Gasteiger partial charge in [-0.2, -0.15) is 17.4 Å². The minimum Gasteiger partial charge on any atom is -0.481 e. The van der Waals surface area contributed by atoms with E-state index in [1.165, 1.54) is 0 Å². The fourth-order valence-corrected chi connectivity index (χ4v) is 3.07. The van der Waals surface area contributed by atoms with Crippen LogP contribution in [0.4, 0.5) is 8.78 Å². The van der Waals surface area contributed by atoms with Crippen LogP contribution in [0.5, 0.6) is 0 Å². The summed E-state index contributed by atoms with van der Waals surface area (Å²) in [6.07, 6.45) is -2.06. The standard InChI is InChI=1S/C10H18F2N2O5S/c11-9(12)7-19-6-3-13-20(17,18)14-4-1-8(2-5-14)10(15)16/h8-9,13H,1-7H2,(H,15,16). The number of rotatable bonds is 8. The molecule has 0 spiro atoms. The predicted octanol–water partition coefficient (Wildman–Crippen LogP) is -0.101. The van der Waals surface area contributed by atoms with Crippen LogP contribution in [0.25, 0.3) is 0 Å². The maximum atomic E-state index is 11.8. The number of hydrogen-bond acceptors (Lipinski definition) is 4. The maximum Gasteiger partial charge on any atom is 0.306 e. The molecule has 7 nitrogen and oxygen atoms in total. The van der Waals surface area contributed by atoms with Gasteiger partial charge in [-0.3, -0.25) is 4.79 Å². The molecule has 1 heterocycles. The van der Waals surface area contributed by atoms with Crippen LogP contribution in [0.1, 0.15) is 12.8 Å². The Hall–Kier alpha value is -0.840. The average Bonchev–Trinajstić information content (AvgIpc) is 2.38. The Morgan fingerprint density at radius 1 is 1.40 bits per heavy atom. The number of carbonyl (C=O) groups is 1. The van der Waals surface area contributed by atoms with Gasteiger partial charge in [0.25, 0.3) is 16.6 Å². The van der Waals surface area contributed by atoms with Crippen molar-refractivity contribution in [3.8, 4) is 0 Å². The van der Waals surface area contributed by atoms with E-state index < -0.39 is 35.1 Å². The molecule has 20 heavy (non-hydrogen) atoms. The zero-order chi connectivity index (χ0) is 15.2. The highest BCUT2D eigenvalue weighted by atomic mass is 32.2. The highest BCUT2D eigenvalue weighted by Gasteiger charge is 2.30. The Kier molecular flexibility index (Phi) is 6.72. The second-order valence-corrected chi connectivity index (χ2v) is 6.13. The molecule has 0 amide bonds. The molecule has 0 bridgehead atoms. The summed E-state index contributed by atoms with van der Waals surface area (Å²) in [5, 5.41) is 8.81. The fraction of sp³-hybridized carbons (Fsp3) is 0.900. The zero-order valence-electron chi connectivity index (χ0n) is 10.8. The van der Waals surface area contributed by atoms with Gasteiger partial charge in [-0.15, -0.1) is 0 Å². The molecule has 0 aromatic rings. The second-order valence-electron chi connectivity index (χ2n) is 4.38. The van der Waals surface area contributed by atoms with E-state index in [4.69, 9.17) is 5.11 Å². The molecule has 0 aliphatic carbocycles. The molecule has 1 rings (SSSR count). The van der Waals surface area contributed by atoms with Crippen LogP contribution in [0, 0.1) is 5.92 Å². The van der Waals surface area contributed by atoms with Gasteiger partial charge in [-0.05, 0) is 12.8 Å². The maximum absolute atomic E-state index is 11.8. The summed E-state index contributed by atoms with van der Waals surface area (Å²) >= 11 is 0. The summed E-state index contributed by atoms with van der Waals surface area (Å²) in [5.41, 5.74) is 0. The van der Waals surface area contributed by atoms with E-state index in [2.05, 4.69) is 9.46 Å². The number of hydrogen-bond donors (Lipinski definition) is 2. The van der Waals surface area contributed by atoms with Gasteiger partial charge < -0.3 is 9.84 Å². The van der Waals surface area contributed by atoms with Gasteiger partial charge in [0.05, 0.1) is 12.5 Å². The normalized spacial score (nSPS) is 18.6. The quantitative estimate of drug-likeness (QED) is 0.610. The molecule has 1 aliphatic rings. The van der Waals surface area contributed by atoms with Crippen LogP contribution < -0.4 is 4.72 Å². The lowest BCUT2D eigenvalue weighted by atomic mass is 9.99. The van der Waals surface area contributed by atoms with Crippen LogP contribution in [-0.4, -0.2) is 63.1 Å². The Morgan fingerprint density at radius 2 is 2.00 bits per heavy atom. The van der Waals surface area contributed by atoms with Crippen molar-refractivity contribution >= 4 is 16.2 Å². The summed E-state index contributed by atoms with van der Waals surface area (Å²) in [4.78, 5) is 10.7. The Morgan fingerprint density at radius 3 is 2.50 bits per heavy atom. The lowest BCUT2D eigenvalue weighted by Gasteiger charge is -2.29. The third-order valence-electron chi connectivity index (χ3n) is 2.92. The monoisotopic (exact) mass is 316 g/mol. The van der Waals surface area contributed by atoms with Crippen LogP contribution in [0.3, 0.4) is 0 Å². The average molecular weight is 316 g/mol. The highest BCUT2D eigenvalue weighted by Crippen LogP contribution is 2.18. The number of nitrogens with zero attached hydrogens (tertiary/aromatic N) is 1. The summed E-state index contributed by atoms with van der Waals surface area (Å²) in [6, 6.07) is 0. The van der Waals surface area contributed by atoms with Gasteiger partial charge in [0, 0.05) is 19.6 Å². The molecule has 1 fully saturated rings. The molecule has 1 saturated heterocycles. The molecule has 10 heteroatoms. The Labute approximate surface area is 116 Å². The van der Waals surface area contributed by atoms with Crippen molar-refractivity contribution in [3.63, 3.8) is 0 Å². The molecule has 118 valence electrons. The van der Waals surface area contributed by atoms with E-state index in [9.17, 15) is 22.0 Å². The predicted molar refractivity (Wildman–Crippen MR) is 65.7 cm³/mol. The van der Waals surface area contributed by atoms with E-state index in [0.29, 0.717) is 0 Å². The van der Waals surface area contributed by atoms with Gasteiger partial charge in [0.15, 0.2) is 0 Å². The second kappa shape index (κ2) is 7.81. The molecule has 0 unspecified atom stereocenters. The number of piperidine rings is 1. The van der Waals surface area contributed by atoms with Crippen molar-refractivity contribution in [3.05, 3.63) is 0 Å². The summed E-state index contributed by atoms with van der Waals surface area (Å²) in [7, 11) is -3.71. The Bertz CT molecular complexity index is 410. The molecule has 0 atom stereocenters. The zero-order valence-corrected chi connectivity index (χ0v) is 11.6. The van der Waals surface area contributed by atoms with Gasteiger partial charge in [-0.25, -0.2) is 8.78 Å². The van der Waals surface area contributed by atoms with Crippen LogP contribution >= 0.6 is 0 Å². The van der Waals surface area contributed by atoms with E-state index in [0.717, 1.165) is 4.31 Å². The highest BCUT2D eigenvalue weighted by molar-refractivity contribution is 7.87. The molecule has 0 radical (unpaired) electrons. The summed E-state index contributed by atoms with van der Waals surface area (Å²) in [5.74, 6) is -1.44. The first-order chi connectivity index (χ1) is 9.33. The van der Waals surface area contributed by atoms with Crippen molar-refractivity contribution < 1.29 is 31.8 Å². The van der Waals surface area contributed by atoms with Gasteiger partial charge in [0.2, 0.25) is 0 Å². The minimum atomic E-state index is -3.71. The summed E-state index contributed by atoms with van der Waals surface area (Å²) < 4.78 is 55.1. The van der Waals surface area contributed by atoms with Crippen LogP contribution in [0.15, 0.2) is 0 Å². The molecule has 0 saturated carbocycles. The SMILES string of the molecule is O=C(O)C1CCN(S(=O)(=O)NCCOCC(F)F)CC1. The van der Waals surface area contributed by atoms with E-state index in [-0.39, 0.29) is 39.1 Å². The number of aliphatic carboxylic acids is 1. The first-order valence-corrected chi connectivity index (χ1v) is 7.60. The van der Waals surface area contributed by atoms with E-state index in [1.807, 2.05) is 0 Å². The van der Waals surface area contributed by atoms with Crippen molar-refractivity contribution in [1.82, 2.24) is 9.03 Å². The fourth-order valence-electron chi connectivity index (χ4n) is 1.85. The van der Waals surface area contributed by atoms with Gasteiger partial charge in [0.1, 0.15) is 6.61 Å². The van der Waals surface area contributed by atoms with Crippen LogP contribution in [-0.2, 0) is 19.7 Å². The third kappa shape index (κ3) is 5.65. The smallest absolute Gasteiger partial charge is 0.306 e. The summed E-state index contributed by atoms with van der Waals surface area (Å²) in [6.45, 7) is -0.719. The number of ether oxygens (including phenoxy) is 1. The van der Waals surface area contributed by atoms with Crippen LogP contribution in [0.2, 0.25) is 0 Å². The first-order valence-electron chi connectivity index (χ1n) is 6.16. The molecular weight excluding hydrogens is 298 g/mol. The van der Waals surface area contributed by atoms with Crippen molar-refractivity contribution in [2.45, 2.75) is 19.3 Å². The largest absolute Gasteiger partial charge is 0.481 e. The number of alkyl halides is 2. The molecule has 2 N–H and O–H groups in total. The number of carboxylic acid groups (broad SMARTS) is 1. The van der Waals surface area contributed by atoms with Gasteiger partial charge in [-0.1, -0.05) is 0 Å². The number of halogens is 2. The first kappa shape index (κ1) is 17.2. The molecule has 0 aromatic heterocycles. The topological polar surface area (TPSA) is 95.9 Å². The molecule has 0 aromatic carbocycles. The minimum absolute atomic E-state index is 0.103. The van der Waals surface area contributed by atoms with E-state index in [1.54, 1.807) is 0 Å². The number of carboxylic acids is 1. The van der Waals surface area contributed by atoms with Crippen molar-refractivity contribution in [2.24, 2.45) is 5.92 Å². The lowest BCUT2D eigenvalue weighted by Crippen LogP contribution is -2.46. The Balaban J connectivity index is 2.29. The third-order valence-corrected chi connectivity index (χ3v) is 4.53.